The van der Waals surface area contributed by atoms with Gasteiger partial charge in [0.1, 0.15) is 17.3 Å². The van der Waals surface area contributed by atoms with E-state index in [-0.39, 0.29) is 21.6 Å². The summed E-state index contributed by atoms with van der Waals surface area (Å²) in [7, 11) is 0. The Morgan fingerprint density at radius 1 is 0.914 bits per heavy atom. The number of thiophene rings is 1. The second kappa shape index (κ2) is 8.53. The van der Waals surface area contributed by atoms with Crippen molar-refractivity contribution in [2.24, 2.45) is 0 Å². The van der Waals surface area contributed by atoms with Crippen molar-refractivity contribution in [2.75, 3.05) is 0 Å². The number of nitrogens with one attached hydrogen (secondary N) is 1. The molecule has 0 spiro atoms. The lowest BCUT2D eigenvalue weighted by Gasteiger charge is -2.15. The third-order valence-electron chi connectivity index (χ3n) is 5.51. The smallest absolute Gasteiger partial charge is 0.225 e. The average Bonchev–Trinajstić information content (AvgIpc) is 3.61. The number of aromatic nitrogens is 6. The second-order valence-corrected chi connectivity index (χ2v) is 9.34. The van der Waals surface area contributed by atoms with E-state index in [9.17, 15) is 4.39 Å². The van der Waals surface area contributed by atoms with Crippen molar-refractivity contribution in [2.45, 2.75) is 0 Å². The Morgan fingerprint density at radius 3 is 2.57 bits per heavy atom. The molecule has 6 rings (SSSR count). The Balaban J connectivity index is 1.75. The second-order valence-electron chi connectivity index (χ2n) is 7.58. The normalized spacial score (nSPS) is 11.4. The molecule has 0 aliphatic carbocycles. The topological polar surface area (TPSA) is 72.3 Å². The van der Waals surface area contributed by atoms with Gasteiger partial charge in [-0.3, -0.25) is 4.57 Å². The zero-order chi connectivity index (χ0) is 24.1. The van der Waals surface area contributed by atoms with Crippen molar-refractivity contribution in [3.8, 4) is 39.9 Å². The van der Waals surface area contributed by atoms with Crippen molar-refractivity contribution in [1.29, 1.82) is 0 Å². The van der Waals surface area contributed by atoms with Gasteiger partial charge in [0.15, 0.2) is 5.82 Å². The molecule has 0 fully saturated rings. The van der Waals surface area contributed by atoms with Crippen LogP contribution >= 0.6 is 34.5 Å². The first-order valence-corrected chi connectivity index (χ1v) is 11.9. The highest BCUT2D eigenvalue weighted by Gasteiger charge is 2.27. The summed E-state index contributed by atoms with van der Waals surface area (Å²) in [4.78, 5) is 4.82. The summed E-state index contributed by atoms with van der Waals surface area (Å²) < 4.78 is 32.2. The summed E-state index contributed by atoms with van der Waals surface area (Å²) >= 11 is 13.9. The Labute approximate surface area is 210 Å². The van der Waals surface area contributed by atoms with E-state index < -0.39 is 11.6 Å². The van der Waals surface area contributed by atoms with Crippen LogP contribution in [0.4, 0.5) is 8.78 Å². The minimum atomic E-state index is -0.640. The van der Waals surface area contributed by atoms with E-state index in [0.717, 1.165) is 15.6 Å². The number of halogens is 4. The molecule has 172 valence electrons. The number of tetrazole rings is 1. The lowest BCUT2D eigenvalue weighted by Crippen LogP contribution is -2.03. The first-order chi connectivity index (χ1) is 17.0. The van der Waals surface area contributed by atoms with Crippen LogP contribution in [0.2, 0.25) is 10.0 Å². The molecule has 0 saturated carbocycles. The van der Waals surface area contributed by atoms with E-state index in [1.807, 2.05) is 29.6 Å². The minimum absolute atomic E-state index is 0.0559. The molecule has 0 unspecified atom stereocenters. The number of benzene rings is 3. The lowest BCUT2D eigenvalue weighted by molar-refractivity contribution is 0.619. The number of rotatable bonds is 4. The third-order valence-corrected chi connectivity index (χ3v) is 6.99. The first kappa shape index (κ1) is 21.8. The first-order valence-electron chi connectivity index (χ1n) is 10.3. The monoisotopic (exact) mass is 524 g/mol. The molecule has 1 N–H and O–H groups in total. The molecule has 0 aliphatic heterocycles. The molecule has 3 aromatic heterocycles. The fourth-order valence-corrected chi connectivity index (χ4v) is 5.07. The summed E-state index contributed by atoms with van der Waals surface area (Å²) in [6, 6.07) is 16.8. The van der Waals surface area contributed by atoms with Gasteiger partial charge < -0.3 is 0 Å². The van der Waals surface area contributed by atoms with Crippen LogP contribution in [0, 0.1) is 11.6 Å². The van der Waals surface area contributed by atoms with Crippen LogP contribution in [0.1, 0.15) is 0 Å². The summed E-state index contributed by atoms with van der Waals surface area (Å²) in [5.41, 5.74) is 2.05. The standard InChI is InChI=1S/C24H12Cl2F2N6S/c25-15-2-1-3-18(20(15)28)34-22(13-4-6-17(27)16(26)11-13)21(23-30-32-33-31-23)29-24(34)14-5-7-19-12(10-14)8-9-35-19/h1-11H,(H,30,31,32,33). The van der Waals surface area contributed by atoms with Crippen molar-refractivity contribution < 1.29 is 8.78 Å². The third kappa shape index (κ3) is 3.68. The maximum absolute atomic E-state index is 15.5. The van der Waals surface area contributed by atoms with Gasteiger partial charge in [-0.15, -0.1) is 21.5 Å². The molecule has 3 heterocycles. The van der Waals surface area contributed by atoms with Crippen molar-refractivity contribution in [3.63, 3.8) is 0 Å². The van der Waals surface area contributed by atoms with Gasteiger partial charge in [0.25, 0.3) is 0 Å². The summed E-state index contributed by atoms with van der Waals surface area (Å²) in [6.45, 7) is 0. The molecular formula is C24H12Cl2F2N6S. The molecule has 0 atom stereocenters. The number of imidazole rings is 1. The number of aromatic amines is 1. The maximum atomic E-state index is 15.5. The summed E-state index contributed by atoms with van der Waals surface area (Å²) in [5, 5.41) is 17.1. The Hall–Kier alpha value is -3.66. The predicted octanol–water partition coefficient (Wildman–Crippen LogP) is 7.19. The van der Waals surface area contributed by atoms with Crippen LogP contribution in [0.25, 0.3) is 49.9 Å². The molecule has 11 heteroatoms. The van der Waals surface area contributed by atoms with Crippen LogP contribution in [0.5, 0.6) is 0 Å². The number of fused-ring (bicyclic) bond motifs is 1. The van der Waals surface area contributed by atoms with Gasteiger partial charge >= 0.3 is 0 Å². The van der Waals surface area contributed by atoms with Gasteiger partial charge in [-0.25, -0.2) is 13.8 Å². The summed E-state index contributed by atoms with van der Waals surface area (Å²) in [5.74, 6) is -0.632. The van der Waals surface area contributed by atoms with E-state index >= 15 is 4.39 Å². The van der Waals surface area contributed by atoms with Gasteiger partial charge in [0.05, 0.1) is 21.4 Å². The Morgan fingerprint density at radius 2 is 1.77 bits per heavy atom. The number of hydrogen-bond acceptors (Lipinski definition) is 5. The van der Waals surface area contributed by atoms with E-state index in [1.54, 1.807) is 28.0 Å². The van der Waals surface area contributed by atoms with Gasteiger partial charge in [-0.05, 0) is 70.6 Å². The number of nitrogens with zero attached hydrogens (tertiary/aromatic N) is 5. The van der Waals surface area contributed by atoms with Crippen LogP contribution in [0.3, 0.4) is 0 Å². The summed E-state index contributed by atoms with van der Waals surface area (Å²) in [6.07, 6.45) is 0. The highest BCUT2D eigenvalue weighted by Crippen LogP contribution is 2.40. The fraction of sp³-hybridized carbons (Fsp3) is 0. The Bertz CT molecular complexity index is 1710. The van der Waals surface area contributed by atoms with Crippen molar-refractivity contribution in [1.82, 2.24) is 30.2 Å². The van der Waals surface area contributed by atoms with E-state index in [4.69, 9.17) is 28.2 Å². The highest BCUT2D eigenvalue weighted by atomic mass is 35.5. The van der Waals surface area contributed by atoms with Crippen molar-refractivity contribution in [3.05, 3.63) is 87.7 Å². The molecule has 35 heavy (non-hydrogen) atoms. The molecule has 6 aromatic rings. The van der Waals surface area contributed by atoms with Gasteiger partial charge in [-0.1, -0.05) is 29.3 Å². The highest BCUT2D eigenvalue weighted by molar-refractivity contribution is 7.17. The van der Waals surface area contributed by atoms with Crippen molar-refractivity contribution >= 4 is 44.6 Å². The molecule has 3 aromatic carbocycles. The zero-order valence-corrected chi connectivity index (χ0v) is 19.8. The van der Waals surface area contributed by atoms with E-state index in [0.29, 0.717) is 22.8 Å². The van der Waals surface area contributed by atoms with Gasteiger partial charge in [0.2, 0.25) is 5.82 Å². The van der Waals surface area contributed by atoms with Gasteiger partial charge in [-0.2, -0.15) is 5.21 Å². The lowest BCUT2D eigenvalue weighted by atomic mass is 10.1. The predicted molar refractivity (Wildman–Crippen MR) is 133 cm³/mol. The average molecular weight is 525 g/mol. The van der Waals surface area contributed by atoms with E-state index in [2.05, 4.69) is 20.6 Å². The van der Waals surface area contributed by atoms with Crippen LogP contribution in [0.15, 0.2) is 66.0 Å². The molecule has 6 nitrogen and oxygen atoms in total. The molecule has 0 amide bonds. The number of hydrogen-bond donors (Lipinski definition) is 1. The van der Waals surface area contributed by atoms with Crippen LogP contribution in [-0.4, -0.2) is 30.2 Å². The molecule has 0 radical (unpaired) electrons. The van der Waals surface area contributed by atoms with Gasteiger partial charge in [0, 0.05) is 15.8 Å². The van der Waals surface area contributed by atoms with Crippen LogP contribution in [-0.2, 0) is 0 Å². The molecular weight excluding hydrogens is 513 g/mol. The zero-order valence-electron chi connectivity index (χ0n) is 17.5. The Kier molecular flexibility index (Phi) is 5.32. The molecule has 0 aliphatic rings. The minimum Gasteiger partial charge on any atom is -0.289 e. The fourth-order valence-electron chi connectivity index (χ4n) is 3.95. The SMILES string of the molecule is Fc1ccc(-c2c(-c3nn[nH]n3)nc(-c3ccc4sccc4c3)n2-c2cccc(Cl)c2F)cc1Cl. The number of H-pyrrole nitrogens is 1. The maximum Gasteiger partial charge on any atom is 0.225 e. The molecule has 0 saturated heterocycles. The molecule has 0 bridgehead atoms. The van der Waals surface area contributed by atoms with E-state index in [1.165, 1.54) is 24.3 Å². The quantitative estimate of drug-likeness (QED) is 0.265. The van der Waals surface area contributed by atoms with Crippen LogP contribution < -0.4 is 0 Å². The largest absolute Gasteiger partial charge is 0.289 e.